The van der Waals surface area contributed by atoms with E-state index in [1.807, 2.05) is 13.1 Å². The molecule has 19 heavy (non-hydrogen) atoms. The maximum atomic E-state index is 5.36. The highest BCUT2D eigenvalue weighted by Gasteiger charge is 2.13. The van der Waals surface area contributed by atoms with Crippen LogP contribution in [0.25, 0.3) is 0 Å². The van der Waals surface area contributed by atoms with Gasteiger partial charge in [0, 0.05) is 38.9 Å². The van der Waals surface area contributed by atoms with Gasteiger partial charge in [-0.25, -0.2) is 9.97 Å². The summed E-state index contributed by atoms with van der Waals surface area (Å²) in [6.45, 7) is 4.48. The Kier molecular flexibility index (Phi) is 5.84. The number of rotatable bonds is 7. The van der Waals surface area contributed by atoms with Crippen LogP contribution in [0.3, 0.4) is 0 Å². The molecule has 0 spiro atoms. The Morgan fingerprint density at radius 2 is 1.89 bits per heavy atom. The van der Waals surface area contributed by atoms with Crippen LogP contribution >= 0.6 is 0 Å². The Labute approximate surface area is 114 Å². The van der Waals surface area contributed by atoms with Crippen molar-refractivity contribution in [2.24, 2.45) is 5.92 Å². The lowest BCUT2D eigenvalue weighted by Crippen LogP contribution is -2.23. The van der Waals surface area contributed by atoms with Crippen molar-refractivity contribution in [1.29, 1.82) is 0 Å². The first-order chi connectivity index (χ1) is 9.38. The van der Waals surface area contributed by atoms with Crippen LogP contribution in [0.4, 0.5) is 11.6 Å². The number of anilines is 2. The highest BCUT2D eigenvalue weighted by molar-refractivity contribution is 5.46. The van der Waals surface area contributed by atoms with Crippen LogP contribution in [0.2, 0.25) is 0 Å². The van der Waals surface area contributed by atoms with Gasteiger partial charge < -0.3 is 20.7 Å². The average Bonchev–Trinajstić information content (AvgIpc) is 2.47. The van der Waals surface area contributed by atoms with Crippen molar-refractivity contribution in [2.45, 2.75) is 12.8 Å². The van der Waals surface area contributed by atoms with Gasteiger partial charge in [0.1, 0.15) is 18.0 Å². The lowest BCUT2D eigenvalue weighted by molar-refractivity contribution is 0.0699. The summed E-state index contributed by atoms with van der Waals surface area (Å²) in [7, 11) is 1.93. The number of nitrogens with one attached hydrogen (secondary N) is 3. The number of hydrogen-bond acceptors (Lipinski definition) is 6. The summed E-state index contributed by atoms with van der Waals surface area (Å²) < 4.78 is 5.36. The molecule has 0 amide bonds. The minimum Gasteiger partial charge on any atom is -0.381 e. The van der Waals surface area contributed by atoms with Crippen LogP contribution in [-0.4, -0.2) is 49.9 Å². The molecule has 1 fully saturated rings. The molecule has 2 heterocycles. The first-order valence-electron chi connectivity index (χ1n) is 6.90. The molecule has 1 aromatic rings. The van der Waals surface area contributed by atoms with Crippen molar-refractivity contribution < 1.29 is 4.74 Å². The predicted molar refractivity (Wildman–Crippen MR) is 76.5 cm³/mol. The number of ether oxygens (including phenoxy) is 1. The largest absolute Gasteiger partial charge is 0.381 e. The van der Waals surface area contributed by atoms with Gasteiger partial charge in [-0.1, -0.05) is 0 Å². The van der Waals surface area contributed by atoms with Gasteiger partial charge in [-0.2, -0.15) is 0 Å². The third-order valence-electron chi connectivity index (χ3n) is 3.26. The molecule has 6 nitrogen and oxygen atoms in total. The van der Waals surface area contributed by atoms with Gasteiger partial charge in [0.25, 0.3) is 0 Å². The van der Waals surface area contributed by atoms with Crippen molar-refractivity contribution >= 4 is 11.6 Å². The molecule has 0 unspecified atom stereocenters. The maximum Gasteiger partial charge on any atom is 0.131 e. The molecule has 6 heteroatoms. The van der Waals surface area contributed by atoms with Crippen LogP contribution in [0.1, 0.15) is 12.8 Å². The molecule has 1 aromatic heterocycles. The fourth-order valence-corrected chi connectivity index (χ4v) is 2.07. The third kappa shape index (κ3) is 5.00. The molecular weight excluding hydrogens is 242 g/mol. The summed E-state index contributed by atoms with van der Waals surface area (Å²) in [5.74, 6) is 2.43. The highest BCUT2D eigenvalue weighted by Crippen LogP contribution is 2.16. The molecule has 0 bridgehead atoms. The van der Waals surface area contributed by atoms with Gasteiger partial charge >= 0.3 is 0 Å². The quantitative estimate of drug-likeness (QED) is 0.638. The van der Waals surface area contributed by atoms with E-state index in [9.17, 15) is 0 Å². The monoisotopic (exact) mass is 265 g/mol. The molecule has 0 saturated carbocycles. The zero-order valence-electron chi connectivity index (χ0n) is 11.5. The maximum absolute atomic E-state index is 5.36. The van der Waals surface area contributed by atoms with Crippen molar-refractivity contribution in [3.8, 4) is 0 Å². The fraction of sp³-hybridized carbons (Fsp3) is 0.692. The summed E-state index contributed by atoms with van der Waals surface area (Å²) in [6, 6.07) is 1.95. The van der Waals surface area contributed by atoms with Crippen LogP contribution < -0.4 is 16.0 Å². The Morgan fingerprint density at radius 3 is 2.63 bits per heavy atom. The van der Waals surface area contributed by atoms with Crippen molar-refractivity contribution in [1.82, 2.24) is 15.3 Å². The van der Waals surface area contributed by atoms with Gasteiger partial charge in [0.2, 0.25) is 0 Å². The van der Waals surface area contributed by atoms with Gasteiger partial charge in [0.15, 0.2) is 0 Å². The molecule has 3 N–H and O–H groups in total. The highest BCUT2D eigenvalue weighted by atomic mass is 16.5. The number of aromatic nitrogens is 2. The molecule has 0 radical (unpaired) electrons. The summed E-state index contributed by atoms with van der Waals surface area (Å²) in [5, 5.41) is 9.72. The Morgan fingerprint density at radius 1 is 1.16 bits per heavy atom. The smallest absolute Gasteiger partial charge is 0.131 e. The van der Waals surface area contributed by atoms with E-state index in [1.165, 1.54) is 0 Å². The lowest BCUT2D eigenvalue weighted by atomic mass is 10.0. The van der Waals surface area contributed by atoms with Crippen molar-refractivity contribution in [3.63, 3.8) is 0 Å². The van der Waals surface area contributed by atoms with Gasteiger partial charge in [-0.05, 0) is 25.8 Å². The van der Waals surface area contributed by atoms with E-state index in [1.54, 1.807) is 6.33 Å². The van der Waals surface area contributed by atoms with Gasteiger partial charge in [-0.3, -0.25) is 0 Å². The molecule has 1 aliphatic rings. The molecular formula is C13H23N5O. The van der Waals surface area contributed by atoms with Crippen molar-refractivity contribution in [3.05, 3.63) is 12.4 Å². The number of nitrogens with zero attached hydrogens (tertiary/aromatic N) is 2. The minimum absolute atomic E-state index is 0.685. The van der Waals surface area contributed by atoms with E-state index in [-0.39, 0.29) is 0 Å². The SMILES string of the molecule is CNCCNc1cc(NCC2CCOCC2)ncn1. The lowest BCUT2D eigenvalue weighted by Gasteiger charge is -2.22. The second-order valence-corrected chi connectivity index (χ2v) is 4.76. The number of hydrogen-bond donors (Lipinski definition) is 3. The van der Waals surface area contributed by atoms with E-state index in [4.69, 9.17) is 4.74 Å². The van der Waals surface area contributed by atoms with Gasteiger partial charge in [-0.15, -0.1) is 0 Å². The molecule has 2 rings (SSSR count). The van der Waals surface area contributed by atoms with E-state index in [0.29, 0.717) is 5.92 Å². The summed E-state index contributed by atoms with van der Waals surface area (Å²) in [4.78, 5) is 8.44. The van der Waals surface area contributed by atoms with E-state index in [2.05, 4.69) is 25.9 Å². The zero-order valence-corrected chi connectivity index (χ0v) is 11.5. The van der Waals surface area contributed by atoms with E-state index in [0.717, 1.165) is 57.3 Å². The molecule has 0 aromatic carbocycles. The first-order valence-corrected chi connectivity index (χ1v) is 6.90. The third-order valence-corrected chi connectivity index (χ3v) is 3.26. The summed E-state index contributed by atoms with van der Waals surface area (Å²) >= 11 is 0. The molecule has 106 valence electrons. The van der Waals surface area contributed by atoms with Crippen LogP contribution in [0.15, 0.2) is 12.4 Å². The minimum atomic E-state index is 0.685. The predicted octanol–water partition coefficient (Wildman–Crippen LogP) is 0.946. The second kappa shape index (κ2) is 7.91. The normalized spacial score (nSPS) is 16.3. The van der Waals surface area contributed by atoms with Crippen LogP contribution in [0, 0.1) is 5.92 Å². The van der Waals surface area contributed by atoms with Gasteiger partial charge in [0.05, 0.1) is 0 Å². The standard InChI is InChI=1S/C13H23N5O/c1-14-4-5-15-12-8-13(18-10-17-12)16-9-11-2-6-19-7-3-11/h8,10-11,14H,2-7,9H2,1H3,(H2,15,16,17,18). The summed E-state index contributed by atoms with van der Waals surface area (Å²) in [5.41, 5.74) is 0. The van der Waals surface area contributed by atoms with E-state index >= 15 is 0 Å². The Balaban J connectivity index is 1.77. The van der Waals surface area contributed by atoms with E-state index < -0.39 is 0 Å². The van der Waals surface area contributed by atoms with Crippen LogP contribution in [0.5, 0.6) is 0 Å². The Bertz CT molecular complexity index is 368. The first kappa shape index (κ1) is 14.0. The molecule has 1 aliphatic heterocycles. The number of likely N-dealkylation sites (N-methyl/N-ethyl adjacent to an activating group) is 1. The molecule has 0 aliphatic carbocycles. The topological polar surface area (TPSA) is 71.1 Å². The average molecular weight is 265 g/mol. The second-order valence-electron chi connectivity index (χ2n) is 4.76. The van der Waals surface area contributed by atoms with Crippen LogP contribution in [-0.2, 0) is 4.74 Å². The molecule has 1 saturated heterocycles. The zero-order chi connectivity index (χ0) is 13.3. The summed E-state index contributed by atoms with van der Waals surface area (Å²) in [6.07, 6.45) is 3.85. The fourth-order valence-electron chi connectivity index (χ4n) is 2.07. The van der Waals surface area contributed by atoms with Crippen molar-refractivity contribution in [2.75, 3.05) is 50.5 Å². The Hall–Kier alpha value is -1.40. The molecule has 0 atom stereocenters.